The van der Waals surface area contributed by atoms with Gasteiger partial charge in [0.2, 0.25) is 0 Å². The molecule has 2 aliphatic heterocycles. The molecule has 2 heterocycles. The topological polar surface area (TPSA) is 6.48 Å². The zero-order chi connectivity index (χ0) is 9.54. The van der Waals surface area contributed by atoms with Crippen LogP contribution < -0.4 is 9.80 Å². The molecule has 14 heavy (non-hydrogen) atoms. The molecule has 1 aromatic rings. The van der Waals surface area contributed by atoms with E-state index in [2.05, 4.69) is 41.1 Å². The summed E-state index contributed by atoms with van der Waals surface area (Å²) in [6.07, 6.45) is 2.71. The van der Waals surface area contributed by atoms with Gasteiger partial charge in [-0.3, -0.25) is 0 Å². The molecule has 0 aromatic heterocycles. The first-order valence-corrected chi connectivity index (χ1v) is 5.43. The van der Waals surface area contributed by atoms with E-state index in [4.69, 9.17) is 0 Å². The molecule has 2 heteroatoms. The molecule has 0 amide bonds. The van der Waals surface area contributed by atoms with Crippen molar-refractivity contribution in [3.05, 3.63) is 24.3 Å². The van der Waals surface area contributed by atoms with E-state index in [1.165, 1.54) is 37.3 Å². The number of hydrogen-bond donors (Lipinski definition) is 0. The molecular weight excluding hydrogens is 172 g/mol. The van der Waals surface area contributed by atoms with E-state index in [1.54, 1.807) is 0 Å². The van der Waals surface area contributed by atoms with Gasteiger partial charge >= 0.3 is 0 Å². The maximum Gasteiger partial charge on any atom is 0.0607 e. The first kappa shape index (κ1) is 8.16. The monoisotopic (exact) mass is 188 g/mol. The van der Waals surface area contributed by atoms with E-state index in [-0.39, 0.29) is 0 Å². The number of rotatable bonds is 0. The van der Waals surface area contributed by atoms with Crippen molar-refractivity contribution < 1.29 is 0 Å². The molecule has 2 aliphatic rings. The highest BCUT2D eigenvalue weighted by molar-refractivity contribution is 5.74. The Morgan fingerprint density at radius 3 is 2.86 bits per heavy atom. The summed E-state index contributed by atoms with van der Waals surface area (Å²) in [5, 5.41) is 0. The summed E-state index contributed by atoms with van der Waals surface area (Å²) in [5.74, 6) is 0. The van der Waals surface area contributed by atoms with Crippen LogP contribution >= 0.6 is 0 Å². The highest BCUT2D eigenvalue weighted by Gasteiger charge is 2.31. The van der Waals surface area contributed by atoms with Crippen LogP contribution in [0.1, 0.15) is 12.8 Å². The fraction of sp³-hybridized carbons (Fsp3) is 0.500. The summed E-state index contributed by atoms with van der Waals surface area (Å²) in [6.45, 7) is 2.44. The first-order chi connectivity index (χ1) is 6.86. The van der Waals surface area contributed by atoms with Gasteiger partial charge in [0.1, 0.15) is 0 Å². The number of benzene rings is 1. The Kier molecular flexibility index (Phi) is 1.69. The normalized spacial score (nSPS) is 24.8. The lowest BCUT2D eigenvalue weighted by molar-refractivity contribution is 0.634. The van der Waals surface area contributed by atoms with E-state index in [1.807, 2.05) is 0 Å². The van der Waals surface area contributed by atoms with Crippen LogP contribution in [0.5, 0.6) is 0 Å². The Bertz CT molecular complexity index is 348. The average molecular weight is 188 g/mol. The molecule has 1 saturated heterocycles. The lowest BCUT2D eigenvalue weighted by Gasteiger charge is -2.39. The lowest BCUT2D eigenvalue weighted by Crippen LogP contribution is -2.43. The van der Waals surface area contributed by atoms with Crippen LogP contribution in [0, 0.1) is 0 Å². The van der Waals surface area contributed by atoms with Crippen molar-refractivity contribution in [2.45, 2.75) is 18.9 Å². The van der Waals surface area contributed by atoms with E-state index in [0.717, 1.165) is 6.04 Å². The molecule has 0 saturated carbocycles. The minimum Gasteiger partial charge on any atom is -0.371 e. The van der Waals surface area contributed by atoms with Gasteiger partial charge in [0.25, 0.3) is 0 Å². The SMILES string of the molecule is CN1CC2CCCN2c2ccccc21. The van der Waals surface area contributed by atoms with Crippen molar-refractivity contribution >= 4 is 11.4 Å². The molecule has 0 spiro atoms. The molecule has 0 N–H and O–H groups in total. The zero-order valence-electron chi connectivity index (χ0n) is 8.61. The number of likely N-dealkylation sites (N-methyl/N-ethyl adjacent to an activating group) is 1. The van der Waals surface area contributed by atoms with Crippen LogP contribution in [-0.2, 0) is 0 Å². The predicted molar refractivity (Wildman–Crippen MR) is 60.1 cm³/mol. The van der Waals surface area contributed by atoms with Crippen molar-refractivity contribution in [2.24, 2.45) is 0 Å². The van der Waals surface area contributed by atoms with Gasteiger partial charge in [-0.05, 0) is 25.0 Å². The quantitative estimate of drug-likeness (QED) is 0.615. The van der Waals surface area contributed by atoms with Gasteiger partial charge in [-0.2, -0.15) is 0 Å². The van der Waals surface area contributed by atoms with E-state index >= 15 is 0 Å². The standard InChI is InChI=1S/C12H16N2/c1-13-9-10-5-4-8-14(10)12-7-3-2-6-11(12)13/h2-3,6-7,10H,4-5,8-9H2,1H3. The minimum atomic E-state index is 0.759. The molecule has 1 fully saturated rings. The van der Waals surface area contributed by atoms with Gasteiger partial charge in [0, 0.05) is 26.2 Å². The predicted octanol–water partition coefficient (Wildman–Crippen LogP) is 2.11. The maximum atomic E-state index is 2.58. The van der Waals surface area contributed by atoms with Gasteiger partial charge in [0.05, 0.1) is 11.4 Å². The van der Waals surface area contributed by atoms with Gasteiger partial charge in [-0.1, -0.05) is 12.1 Å². The summed E-state index contributed by atoms with van der Waals surface area (Å²) in [4.78, 5) is 4.97. The summed E-state index contributed by atoms with van der Waals surface area (Å²) >= 11 is 0. The first-order valence-electron chi connectivity index (χ1n) is 5.43. The number of nitrogens with zero attached hydrogens (tertiary/aromatic N) is 2. The third kappa shape index (κ3) is 1.03. The smallest absolute Gasteiger partial charge is 0.0607 e. The van der Waals surface area contributed by atoms with Crippen LogP contribution in [0.25, 0.3) is 0 Å². The van der Waals surface area contributed by atoms with Gasteiger partial charge < -0.3 is 9.80 Å². The number of para-hydroxylation sites is 2. The van der Waals surface area contributed by atoms with E-state index in [9.17, 15) is 0 Å². The molecule has 0 aliphatic carbocycles. The largest absolute Gasteiger partial charge is 0.371 e. The Labute approximate surface area is 85.1 Å². The maximum absolute atomic E-state index is 2.58. The Hall–Kier alpha value is -1.18. The van der Waals surface area contributed by atoms with E-state index in [0.29, 0.717) is 0 Å². The second-order valence-electron chi connectivity index (χ2n) is 4.36. The number of anilines is 2. The van der Waals surface area contributed by atoms with Crippen LogP contribution in [0.15, 0.2) is 24.3 Å². The van der Waals surface area contributed by atoms with Crippen LogP contribution in [0.2, 0.25) is 0 Å². The zero-order valence-corrected chi connectivity index (χ0v) is 8.61. The van der Waals surface area contributed by atoms with Crippen molar-refractivity contribution in [1.82, 2.24) is 0 Å². The summed E-state index contributed by atoms with van der Waals surface area (Å²) < 4.78 is 0. The highest BCUT2D eigenvalue weighted by Crippen LogP contribution is 2.38. The lowest BCUT2D eigenvalue weighted by atomic mass is 10.1. The molecule has 0 bridgehead atoms. The Balaban J connectivity index is 2.09. The molecule has 3 rings (SSSR count). The van der Waals surface area contributed by atoms with Crippen molar-refractivity contribution in [1.29, 1.82) is 0 Å². The molecule has 2 nitrogen and oxygen atoms in total. The summed E-state index contributed by atoms with van der Waals surface area (Å²) in [7, 11) is 2.20. The summed E-state index contributed by atoms with van der Waals surface area (Å²) in [6, 6.07) is 9.52. The van der Waals surface area contributed by atoms with Crippen molar-refractivity contribution in [3.63, 3.8) is 0 Å². The van der Waals surface area contributed by atoms with Gasteiger partial charge in [-0.25, -0.2) is 0 Å². The number of fused-ring (bicyclic) bond motifs is 3. The molecule has 1 atom stereocenters. The second-order valence-corrected chi connectivity index (χ2v) is 4.36. The third-order valence-corrected chi connectivity index (χ3v) is 3.46. The fourth-order valence-corrected chi connectivity index (χ4v) is 2.79. The third-order valence-electron chi connectivity index (χ3n) is 3.46. The molecule has 1 unspecified atom stereocenters. The average Bonchev–Trinajstić information content (AvgIpc) is 2.66. The molecular formula is C12H16N2. The van der Waals surface area contributed by atoms with Crippen LogP contribution in [0.4, 0.5) is 11.4 Å². The van der Waals surface area contributed by atoms with Crippen LogP contribution in [0.3, 0.4) is 0 Å². The highest BCUT2D eigenvalue weighted by atomic mass is 15.3. The molecule has 74 valence electrons. The minimum absolute atomic E-state index is 0.759. The van der Waals surface area contributed by atoms with Crippen molar-refractivity contribution in [3.8, 4) is 0 Å². The fourth-order valence-electron chi connectivity index (χ4n) is 2.79. The van der Waals surface area contributed by atoms with E-state index < -0.39 is 0 Å². The molecule has 0 radical (unpaired) electrons. The molecule has 1 aromatic carbocycles. The summed E-state index contributed by atoms with van der Waals surface area (Å²) in [5.41, 5.74) is 2.83. The van der Waals surface area contributed by atoms with Gasteiger partial charge in [-0.15, -0.1) is 0 Å². The van der Waals surface area contributed by atoms with Crippen molar-refractivity contribution in [2.75, 3.05) is 29.9 Å². The second kappa shape index (κ2) is 2.91. The Morgan fingerprint density at radius 2 is 2.00 bits per heavy atom. The van der Waals surface area contributed by atoms with Crippen LogP contribution in [-0.4, -0.2) is 26.2 Å². The van der Waals surface area contributed by atoms with Gasteiger partial charge in [0.15, 0.2) is 0 Å². The Morgan fingerprint density at radius 1 is 1.21 bits per heavy atom. The number of hydrogen-bond acceptors (Lipinski definition) is 2.